The molecule has 1 atom stereocenters. The van der Waals surface area contributed by atoms with Gasteiger partial charge in [-0.15, -0.1) is 0 Å². The van der Waals surface area contributed by atoms with Crippen LogP contribution < -0.4 is 0 Å². The molecular weight excluding hydrogens is 221 g/mol. The highest BCUT2D eigenvalue weighted by Crippen LogP contribution is 2.31. The van der Waals surface area contributed by atoms with Crippen LogP contribution in [-0.4, -0.2) is 6.08 Å². The number of nitriles is 1. The van der Waals surface area contributed by atoms with Crippen molar-refractivity contribution < 1.29 is 18.0 Å². The third-order valence-electron chi connectivity index (χ3n) is 1.83. The Morgan fingerprint density at radius 2 is 2.06 bits per heavy atom. The molecule has 6 heteroatoms. The summed E-state index contributed by atoms with van der Waals surface area (Å²) >= 11 is 0. The molecule has 1 unspecified atom stereocenters. The molecule has 0 heterocycles. The van der Waals surface area contributed by atoms with E-state index >= 15 is 0 Å². The fraction of sp³-hybridized carbons (Fsp3) is 0.200. The highest BCUT2D eigenvalue weighted by atomic mass is 19.4. The Labute approximate surface area is 88.8 Å². The molecule has 0 radical (unpaired) electrons. The Bertz CT molecular complexity index is 470. The van der Waals surface area contributed by atoms with E-state index in [0.717, 1.165) is 24.3 Å². The quantitative estimate of drug-likeness (QED) is 0.574. The molecule has 0 spiro atoms. The largest absolute Gasteiger partial charge is 0.416 e. The Balaban J connectivity index is 3.17. The molecular formula is C10H5F3N2O. The summed E-state index contributed by atoms with van der Waals surface area (Å²) in [4.78, 5) is 13.1. The second-order valence-corrected chi connectivity index (χ2v) is 2.88. The monoisotopic (exact) mass is 226 g/mol. The molecule has 0 amide bonds. The van der Waals surface area contributed by atoms with Gasteiger partial charge in [0.05, 0.1) is 11.6 Å². The van der Waals surface area contributed by atoms with E-state index in [2.05, 4.69) is 4.99 Å². The van der Waals surface area contributed by atoms with Gasteiger partial charge in [0.25, 0.3) is 0 Å². The Hall–Kier alpha value is -2.12. The topological polar surface area (TPSA) is 53.2 Å². The van der Waals surface area contributed by atoms with E-state index in [-0.39, 0.29) is 5.56 Å². The molecule has 0 N–H and O–H groups in total. The van der Waals surface area contributed by atoms with E-state index in [1.807, 2.05) is 0 Å². The molecule has 0 aliphatic carbocycles. The van der Waals surface area contributed by atoms with Gasteiger partial charge >= 0.3 is 6.18 Å². The van der Waals surface area contributed by atoms with Crippen molar-refractivity contribution >= 4 is 6.08 Å². The lowest BCUT2D eigenvalue weighted by Gasteiger charge is -2.08. The highest BCUT2D eigenvalue weighted by Gasteiger charge is 2.30. The van der Waals surface area contributed by atoms with Crippen LogP contribution in [0.15, 0.2) is 29.3 Å². The van der Waals surface area contributed by atoms with Gasteiger partial charge in [0.1, 0.15) is 0 Å². The van der Waals surface area contributed by atoms with Crippen molar-refractivity contribution in [3.05, 3.63) is 35.4 Å². The third kappa shape index (κ3) is 2.69. The number of carbonyl (C=O) groups excluding carboxylic acids is 1. The molecule has 1 aromatic rings. The van der Waals surface area contributed by atoms with Crippen molar-refractivity contribution in [3.8, 4) is 6.07 Å². The van der Waals surface area contributed by atoms with E-state index in [9.17, 15) is 18.0 Å². The first kappa shape index (κ1) is 12.0. The third-order valence-corrected chi connectivity index (χ3v) is 1.83. The number of nitrogens with zero attached hydrogens (tertiary/aromatic N) is 2. The predicted octanol–water partition coefficient (Wildman–Crippen LogP) is 2.61. The number of halogens is 3. The van der Waals surface area contributed by atoms with Crippen LogP contribution in [0.25, 0.3) is 0 Å². The number of aliphatic imine (C=N–C) groups is 1. The van der Waals surface area contributed by atoms with Gasteiger partial charge in [-0.1, -0.05) is 12.1 Å². The first-order chi connectivity index (χ1) is 7.49. The normalized spacial score (nSPS) is 12.4. The first-order valence-corrected chi connectivity index (χ1v) is 4.13. The maximum Gasteiger partial charge on any atom is 0.416 e. The summed E-state index contributed by atoms with van der Waals surface area (Å²) < 4.78 is 37.0. The summed E-state index contributed by atoms with van der Waals surface area (Å²) in [6.45, 7) is 0. The minimum absolute atomic E-state index is 0.0145. The maximum absolute atomic E-state index is 12.3. The van der Waals surface area contributed by atoms with Crippen LogP contribution in [0.5, 0.6) is 0 Å². The Morgan fingerprint density at radius 3 is 2.56 bits per heavy atom. The van der Waals surface area contributed by atoms with Crippen LogP contribution >= 0.6 is 0 Å². The van der Waals surface area contributed by atoms with Crippen LogP contribution in [-0.2, 0) is 11.0 Å². The minimum Gasteiger partial charge on any atom is -0.211 e. The van der Waals surface area contributed by atoms with E-state index in [1.165, 1.54) is 6.07 Å². The zero-order chi connectivity index (χ0) is 12.2. The predicted molar refractivity (Wildman–Crippen MR) is 47.9 cm³/mol. The van der Waals surface area contributed by atoms with Gasteiger partial charge in [0.2, 0.25) is 6.08 Å². The molecule has 0 saturated heterocycles. The average molecular weight is 226 g/mol. The highest BCUT2D eigenvalue weighted by molar-refractivity contribution is 5.38. The van der Waals surface area contributed by atoms with Gasteiger partial charge < -0.3 is 0 Å². The molecule has 0 fully saturated rings. The lowest BCUT2D eigenvalue weighted by Crippen LogP contribution is -2.06. The number of benzene rings is 1. The zero-order valence-corrected chi connectivity index (χ0v) is 7.82. The molecule has 16 heavy (non-hydrogen) atoms. The lowest BCUT2D eigenvalue weighted by atomic mass is 10.1. The van der Waals surface area contributed by atoms with Gasteiger partial charge in [0.15, 0.2) is 6.04 Å². The molecule has 0 saturated carbocycles. The summed E-state index contributed by atoms with van der Waals surface area (Å²) in [7, 11) is 0. The van der Waals surface area contributed by atoms with Crippen LogP contribution in [0.1, 0.15) is 17.2 Å². The lowest BCUT2D eigenvalue weighted by molar-refractivity contribution is -0.137. The van der Waals surface area contributed by atoms with Crippen LogP contribution in [0.2, 0.25) is 0 Å². The van der Waals surface area contributed by atoms with Crippen molar-refractivity contribution in [2.24, 2.45) is 4.99 Å². The van der Waals surface area contributed by atoms with Crippen LogP contribution in [0, 0.1) is 11.3 Å². The van der Waals surface area contributed by atoms with Gasteiger partial charge in [-0.3, -0.25) is 0 Å². The van der Waals surface area contributed by atoms with Gasteiger partial charge in [-0.05, 0) is 17.7 Å². The maximum atomic E-state index is 12.3. The molecule has 0 aromatic heterocycles. The molecule has 0 aliphatic heterocycles. The van der Waals surface area contributed by atoms with Crippen molar-refractivity contribution in [2.75, 3.05) is 0 Å². The first-order valence-electron chi connectivity index (χ1n) is 4.13. The fourth-order valence-corrected chi connectivity index (χ4v) is 1.12. The summed E-state index contributed by atoms with van der Waals surface area (Å²) in [5.74, 6) is 0. The van der Waals surface area contributed by atoms with Crippen molar-refractivity contribution in [1.29, 1.82) is 5.26 Å². The molecule has 0 bridgehead atoms. The van der Waals surface area contributed by atoms with Gasteiger partial charge in [0, 0.05) is 0 Å². The average Bonchev–Trinajstić information content (AvgIpc) is 2.25. The van der Waals surface area contributed by atoms with Gasteiger partial charge in [-0.2, -0.15) is 23.4 Å². The molecule has 3 nitrogen and oxygen atoms in total. The Kier molecular flexibility index (Phi) is 3.44. The second kappa shape index (κ2) is 4.60. The number of alkyl halides is 3. The minimum atomic E-state index is -4.49. The molecule has 82 valence electrons. The molecule has 0 aliphatic rings. The summed E-state index contributed by atoms with van der Waals surface area (Å²) in [5.41, 5.74) is -0.868. The van der Waals surface area contributed by atoms with Crippen molar-refractivity contribution in [1.82, 2.24) is 0 Å². The van der Waals surface area contributed by atoms with E-state index in [1.54, 1.807) is 6.07 Å². The van der Waals surface area contributed by atoms with E-state index in [0.29, 0.717) is 0 Å². The number of isocyanates is 1. The number of hydrogen-bond donors (Lipinski definition) is 0. The molecule has 1 aromatic carbocycles. The SMILES string of the molecule is N#CC(N=C=O)c1cccc(C(F)(F)F)c1. The molecule has 1 rings (SSSR count). The van der Waals surface area contributed by atoms with E-state index < -0.39 is 17.8 Å². The summed E-state index contributed by atoms with van der Waals surface area (Å²) in [6.07, 6.45) is -3.34. The van der Waals surface area contributed by atoms with Crippen LogP contribution in [0.3, 0.4) is 0 Å². The smallest absolute Gasteiger partial charge is 0.211 e. The Morgan fingerprint density at radius 1 is 1.38 bits per heavy atom. The number of hydrogen-bond acceptors (Lipinski definition) is 3. The second-order valence-electron chi connectivity index (χ2n) is 2.88. The van der Waals surface area contributed by atoms with Gasteiger partial charge in [-0.25, -0.2) is 4.79 Å². The van der Waals surface area contributed by atoms with Crippen molar-refractivity contribution in [3.63, 3.8) is 0 Å². The van der Waals surface area contributed by atoms with Crippen LogP contribution in [0.4, 0.5) is 13.2 Å². The van der Waals surface area contributed by atoms with E-state index in [4.69, 9.17) is 5.26 Å². The summed E-state index contributed by atoms with van der Waals surface area (Å²) in [5, 5.41) is 8.60. The standard InChI is InChI=1S/C10H5F3N2O/c11-10(12,13)8-3-1-2-7(4-8)9(5-14)15-6-16/h1-4,9H. The fourth-order valence-electron chi connectivity index (χ4n) is 1.12. The number of rotatable bonds is 2. The summed E-state index contributed by atoms with van der Waals surface area (Å²) in [6, 6.07) is 4.47. The zero-order valence-electron chi connectivity index (χ0n) is 7.82. The van der Waals surface area contributed by atoms with Crippen molar-refractivity contribution in [2.45, 2.75) is 12.2 Å².